The fraction of sp³-hybridized carbons (Fsp3) is 0.545. The molecular weight excluding hydrogens is 368 g/mol. The van der Waals surface area contributed by atoms with Crippen LogP contribution in [0.15, 0.2) is 30.5 Å². The summed E-state index contributed by atoms with van der Waals surface area (Å²) in [5.41, 5.74) is 2.49. The number of aryl methyl sites for hydroxylation is 1. The highest BCUT2D eigenvalue weighted by Gasteiger charge is 2.14. The molecular formula is C22H32N4O3. The Morgan fingerprint density at radius 3 is 2.69 bits per heavy atom. The van der Waals surface area contributed by atoms with E-state index >= 15 is 0 Å². The number of nitrogens with zero attached hydrogens (tertiary/aromatic N) is 3. The van der Waals surface area contributed by atoms with E-state index < -0.39 is 6.09 Å². The molecule has 0 saturated carbocycles. The summed E-state index contributed by atoms with van der Waals surface area (Å²) in [6, 6.07) is 7.58. The van der Waals surface area contributed by atoms with E-state index in [1.165, 1.54) is 19.3 Å². The number of piperidine rings is 1. The molecule has 158 valence electrons. The number of aromatic nitrogens is 2. The van der Waals surface area contributed by atoms with E-state index in [0.29, 0.717) is 24.8 Å². The van der Waals surface area contributed by atoms with Crippen molar-refractivity contribution in [3.05, 3.63) is 30.5 Å². The minimum absolute atomic E-state index is 0.293. The third-order valence-electron chi connectivity index (χ3n) is 4.98. The number of rotatable bonds is 8. The second-order valence-corrected chi connectivity index (χ2v) is 7.92. The maximum Gasteiger partial charge on any atom is 0.411 e. The van der Waals surface area contributed by atoms with Crippen molar-refractivity contribution in [2.24, 2.45) is 13.0 Å². The highest BCUT2D eigenvalue weighted by atomic mass is 16.5. The second-order valence-electron chi connectivity index (χ2n) is 7.92. The number of amides is 1. The van der Waals surface area contributed by atoms with Gasteiger partial charge in [0, 0.05) is 31.0 Å². The van der Waals surface area contributed by atoms with Crippen molar-refractivity contribution >= 4 is 11.8 Å². The van der Waals surface area contributed by atoms with Crippen molar-refractivity contribution in [1.82, 2.24) is 14.7 Å². The predicted molar refractivity (Wildman–Crippen MR) is 114 cm³/mol. The number of likely N-dealkylation sites (tertiary alicyclic amines) is 1. The molecule has 0 spiro atoms. The lowest BCUT2D eigenvalue weighted by Crippen LogP contribution is -2.33. The Labute approximate surface area is 173 Å². The molecule has 1 aromatic heterocycles. The Hall–Kier alpha value is -2.54. The van der Waals surface area contributed by atoms with E-state index in [1.54, 1.807) is 10.9 Å². The van der Waals surface area contributed by atoms with Gasteiger partial charge in [-0.1, -0.05) is 20.3 Å². The van der Waals surface area contributed by atoms with Crippen molar-refractivity contribution < 1.29 is 14.3 Å². The molecule has 2 heterocycles. The molecule has 3 rings (SSSR count). The van der Waals surface area contributed by atoms with Crippen LogP contribution in [0.3, 0.4) is 0 Å². The lowest BCUT2D eigenvalue weighted by molar-refractivity contribution is 0.147. The summed E-state index contributed by atoms with van der Waals surface area (Å²) in [6.07, 6.45) is 5.18. The molecule has 1 amide bonds. The molecule has 0 atom stereocenters. The van der Waals surface area contributed by atoms with Gasteiger partial charge in [-0.15, -0.1) is 0 Å². The van der Waals surface area contributed by atoms with Crippen LogP contribution in [0.2, 0.25) is 0 Å². The molecule has 29 heavy (non-hydrogen) atoms. The fourth-order valence-corrected chi connectivity index (χ4v) is 3.44. The highest BCUT2D eigenvalue weighted by molar-refractivity contribution is 5.86. The van der Waals surface area contributed by atoms with Gasteiger partial charge < -0.3 is 9.47 Å². The molecule has 2 aromatic rings. The topological polar surface area (TPSA) is 68.6 Å². The van der Waals surface area contributed by atoms with Crippen LogP contribution in [0.1, 0.15) is 33.1 Å². The van der Waals surface area contributed by atoms with Crippen LogP contribution < -0.4 is 10.1 Å². The summed E-state index contributed by atoms with van der Waals surface area (Å²) in [4.78, 5) is 14.5. The standard InChI is InChI=1S/C22H32N4O3/c1-17(2)16-29-22(27)24-18-7-8-21(19(15-18)20-9-10-23-25(20)3)28-14-13-26-11-5-4-6-12-26/h7-10,15,17H,4-6,11-14,16H2,1-3H3,(H,24,27). The molecule has 1 saturated heterocycles. The molecule has 0 bridgehead atoms. The number of carbonyl (C=O) groups is 1. The minimum Gasteiger partial charge on any atom is -0.492 e. The van der Waals surface area contributed by atoms with Crippen molar-refractivity contribution in [2.45, 2.75) is 33.1 Å². The quantitative estimate of drug-likeness (QED) is 0.721. The summed E-state index contributed by atoms with van der Waals surface area (Å²) >= 11 is 0. The first-order valence-electron chi connectivity index (χ1n) is 10.4. The zero-order valence-corrected chi connectivity index (χ0v) is 17.7. The molecule has 1 aliphatic rings. The number of nitrogens with one attached hydrogen (secondary N) is 1. The van der Waals surface area contributed by atoms with Crippen LogP contribution in [-0.2, 0) is 11.8 Å². The number of hydrogen-bond donors (Lipinski definition) is 1. The van der Waals surface area contributed by atoms with E-state index in [-0.39, 0.29) is 0 Å². The van der Waals surface area contributed by atoms with Gasteiger partial charge in [0.2, 0.25) is 0 Å². The first-order chi connectivity index (χ1) is 14.0. The third-order valence-corrected chi connectivity index (χ3v) is 4.98. The van der Waals surface area contributed by atoms with Crippen molar-refractivity contribution in [1.29, 1.82) is 0 Å². The summed E-state index contributed by atoms with van der Waals surface area (Å²) in [5.74, 6) is 1.08. The van der Waals surface area contributed by atoms with Crippen LogP contribution in [0.25, 0.3) is 11.3 Å². The van der Waals surface area contributed by atoms with Crippen LogP contribution in [0.5, 0.6) is 5.75 Å². The Morgan fingerprint density at radius 2 is 2.00 bits per heavy atom. The summed E-state index contributed by atoms with van der Waals surface area (Å²) in [7, 11) is 1.89. The molecule has 0 unspecified atom stereocenters. The molecule has 0 radical (unpaired) electrons. The Bertz CT molecular complexity index is 797. The maximum atomic E-state index is 12.0. The maximum absolute atomic E-state index is 12.0. The predicted octanol–water partition coefficient (Wildman–Crippen LogP) is 4.16. The fourth-order valence-electron chi connectivity index (χ4n) is 3.44. The number of anilines is 1. The van der Waals surface area contributed by atoms with E-state index in [1.807, 2.05) is 45.2 Å². The average molecular weight is 401 g/mol. The molecule has 0 aliphatic carbocycles. The van der Waals surface area contributed by atoms with E-state index in [4.69, 9.17) is 9.47 Å². The summed E-state index contributed by atoms with van der Waals surface area (Å²) < 4.78 is 13.1. The normalized spacial score (nSPS) is 14.8. The van der Waals surface area contributed by atoms with Gasteiger partial charge in [0.05, 0.1) is 12.3 Å². The van der Waals surface area contributed by atoms with Gasteiger partial charge in [-0.25, -0.2) is 4.79 Å². The number of hydrogen-bond acceptors (Lipinski definition) is 5. The average Bonchev–Trinajstić information content (AvgIpc) is 3.14. The molecule has 1 fully saturated rings. The van der Waals surface area contributed by atoms with Crippen molar-refractivity contribution in [3.63, 3.8) is 0 Å². The van der Waals surface area contributed by atoms with Crippen LogP contribution in [-0.4, -0.2) is 53.6 Å². The van der Waals surface area contributed by atoms with Crippen LogP contribution >= 0.6 is 0 Å². The SMILES string of the molecule is CC(C)COC(=O)Nc1ccc(OCCN2CCCCC2)c(-c2ccnn2C)c1. The number of ether oxygens (including phenoxy) is 2. The van der Waals surface area contributed by atoms with Gasteiger partial charge in [0.15, 0.2) is 0 Å². The number of benzene rings is 1. The monoisotopic (exact) mass is 400 g/mol. The molecule has 7 nitrogen and oxygen atoms in total. The Kier molecular flexibility index (Phi) is 7.52. The smallest absolute Gasteiger partial charge is 0.411 e. The molecule has 1 aliphatic heterocycles. The van der Waals surface area contributed by atoms with Gasteiger partial charge in [-0.2, -0.15) is 5.10 Å². The highest BCUT2D eigenvalue weighted by Crippen LogP contribution is 2.32. The van der Waals surface area contributed by atoms with E-state index in [0.717, 1.165) is 36.6 Å². The lowest BCUT2D eigenvalue weighted by Gasteiger charge is -2.26. The summed E-state index contributed by atoms with van der Waals surface area (Å²) in [5, 5.41) is 7.07. The van der Waals surface area contributed by atoms with Gasteiger partial charge in [0.1, 0.15) is 12.4 Å². The Balaban J connectivity index is 1.70. The first-order valence-corrected chi connectivity index (χ1v) is 10.4. The van der Waals surface area contributed by atoms with Crippen LogP contribution in [0, 0.1) is 5.92 Å². The zero-order chi connectivity index (χ0) is 20.6. The van der Waals surface area contributed by atoms with Gasteiger partial charge in [-0.05, 0) is 56.1 Å². The molecule has 1 aromatic carbocycles. The Morgan fingerprint density at radius 1 is 1.21 bits per heavy atom. The lowest BCUT2D eigenvalue weighted by atomic mass is 10.1. The number of carbonyl (C=O) groups excluding carboxylic acids is 1. The van der Waals surface area contributed by atoms with Crippen LogP contribution in [0.4, 0.5) is 10.5 Å². The van der Waals surface area contributed by atoms with Gasteiger partial charge in [-0.3, -0.25) is 14.9 Å². The van der Waals surface area contributed by atoms with Crippen molar-refractivity contribution in [3.8, 4) is 17.0 Å². The zero-order valence-electron chi connectivity index (χ0n) is 17.7. The van der Waals surface area contributed by atoms with Gasteiger partial charge >= 0.3 is 6.09 Å². The second kappa shape index (κ2) is 10.3. The molecule has 7 heteroatoms. The largest absolute Gasteiger partial charge is 0.492 e. The summed E-state index contributed by atoms with van der Waals surface area (Å²) in [6.45, 7) is 8.25. The van der Waals surface area contributed by atoms with E-state index in [9.17, 15) is 4.79 Å². The minimum atomic E-state index is -0.451. The molecule has 1 N–H and O–H groups in total. The van der Waals surface area contributed by atoms with E-state index in [2.05, 4.69) is 15.3 Å². The third kappa shape index (κ3) is 6.22. The van der Waals surface area contributed by atoms with Crippen molar-refractivity contribution in [2.75, 3.05) is 38.2 Å². The first kappa shape index (κ1) is 21.2. The van der Waals surface area contributed by atoms with Gasteiger partial charge in [0.25, 0.3) is 0 Å².